The third kappa shape index (κ3) is 11.6. The first-order chi connectivity index (χ1) is 21.6. The van der Waals surface area contributed by atoms with Crippen LogP contribution < -0.4 is 4.74 Å². The molecule has 0 atom stereocenters. The lowest BCUT2D eigenvalue weighted by molar-refractivity contribution is -0.137. The molecule has 0 saturated carbocycles. The summed E-state index contributed by atoms with van der Waals surface area (Å²) in [6.07, 6.45) is 5.75. The molecule has 0 unspecified atom stereocenters. The largest absolute Gasteiger partial charge is 0.508 e. The zero-order valence-electron chi connectivity index (χ0n) is 26.9. The number of ether oxygens (including phenoxy) is 1. The third-order valence-corrected chi connectivity index (χ3v) is 7.68. The van der Waals surface area contributed by atoms with Crippen LogP contribution in [-0.2, 0) is 16.1 Å². The first-order valence-electron chi connectivity index (χ1n) is 15.6. The maximum Gasteiger partial charge on any atom is 0.303 e. The number of aryl methyl sites for hydroxylation is 1. The van der Waals surface area contributed by atoms with Crippen molar-refractivity contribution in [3.8, 4) is 28.5 Å². The molecule has 2 heterocycles. The molecule has 0 radical (unpaired) electrons. The lowest BCUT2D eigenvalue weighted by Crippen LogP contribution is -2.29. The molecular formula is C36H47ClN2O7. The van der Waals surface area contributed by atoms with Gasteiger partial charge in [-0.15, -0.1) is 12.4 Å². The molecule has 46 heavy (non-hydrogen) atoms. The number of phenols is 2. The summed E-state index contributed by atoms with van der Waals surface area (Å²) in [5.74, 6) is -0.0781. The molecule has 0 bridgehead atoms. The molecule has 4 aromatic rings. The van der Waals surface area contributed by atoms with E-state index in [0.717, 1.165) is 46.6 Å². The topological polar surface area (TPSA) is 132 Å². The van der Waals surface area contributed by atoms with E-state index in [0.29, 0.717) is 6.54 Å². The van der Waals surface area contributed by atoms with Gasteiger partial charge in [0.2, 0.25) is 0 Å². The van der Waals surface area contributed by atoms with Crippen molar-refractivity contribution in [2.45, 2.75) is 65.8 Å². The first-order valence-corrected chi connectivity index (χ1v) is 15.6. The van der Waals surface area contributed by atoms with Crippen LogP contribution in [0.2, 0.25) is 0 Å². The Hall–Kier alpha value is -4.21. The number of fused-ring (bicyclic) bond motifs is 1. The molecule has 5 rings (SSSR count). The van der Waals surface area contributed by atoms with Crippen LogP contribution in [0.15, 0.2) is 66.7 Å². The van der Waals surface area contributed by atoms with Gasteiger partial charge in [-0.25, -0.2) is 0 Å². The second-order valence-electron chi connectivity index (χ2n) is 11.1. The first kappa shape index (κ1) is 38.0. The molecule has 1 aliphatic rings. The minimum Gasteiger partial charge on any atom is -0.508 e. The summed E-state index contributed by atoms with van der Waals surface area (Å²) in [6.45, 7) is 10.1. The molecule has 1 aromatic heterocycles. The maximum absolute atomic E-state index is 10.1. The van der Waals surface area contributed by atoms with Gasteiger partial charge in [-0.3, -0.25) is 14.5 Å². The van der Waals surface area contributed by atoms with Gasteiger partial charge in [-0.05, 0) is 104 Å². The normalized spacial score (nSPS) is 12.8. The van der Waals surface area contributed by atoms with E-state index in [9.17, 15) is 19.8 Å². The van der Waals surface area contributed by atoms with Crippen molar-refractivity contribution in [1.82, 2.24) is 9.47 Å². The van der Waals surface area contributed by atoms with Crippen molar-refractivity contribution in [3.63, 3.8) is 0 Å². The number of rotatable bonds is 9. The number of halogens is 1. The molecule has 1 saturated heterocycles. The average Bonchev–Trinajstić information content (AvgIpc) is 3.17. The predicted molar refractivity (Wildman–Crippen MR) is 184 cm³/mol. The Bertz CT molecular complexity index is 1500. The number of aromatic nitrogens is 1. The summed E-state index contributed by atoms with van der Waals surface area (Å²) >= 11 is 0. The molecule has 1 aliphatic heterocycles. The quantitative estimate of drug-likeness (QED) is 0.144. The number of carboxylic acids is 2. The molecule has 0 amide bonds. The Kier molecular flexibility index (Phi) is 16.0. The Morgan fingerprint density at radius 2 is 1.33 bits per heavy atom. The highest BCUT2D eigenvalue weighted by molar-refractivity contribution is 5.92. The number of nitrogens with zero attached hydrogens (tertiary/aromatic N) is 2. The van der Waals surface area contributed by atoms with Gasteiger partial charge >= 0.3 is 11.9 Å². The number of carboxylic acid groups (broad SMARTS) is 2. The zero-order chi connectivity index (χ0) is 32.8. The second-order valence-corrected chi connectivity index (χ2v) is 11.1. The Morgan fingerprint density at radius 1 is 0.783 bits per heavy atom. The minimum absolute atomic E-state index is 0. The summed E-state index contributed by atoms with van der Waals surface area (Å²) in [7, 11) is 0. The van der Waals surface area contributed by atoms with Crippen LogP contribution in [0.3, 0.4) is 0 Å². The van der Waals surface area contributed by atoms with E-state index in [4.69, 9.17) is 14.9 Å². The summed E-state index contributed by atoms with van der Waals surface area (Å²) in [6, 6.07) is 21.2. The van der Waals surface area contributed by atoms with Crippen molar-refractivity contribution in [2.24, 2.45) is 0 Å². The van der Waals surface area contributed by atoms with E-state index in [1.165, 1.54) is 44.3 Å². The van der Waals surface area contributed by atoms with E-state index in [1.54, 1.807) is 32.0 Å². The lowest BCUT2D eigenvalue weighted by atomic mass is 10.1. The maximum atomic E-state index is 10.1. The fraction of sp³-hybridized carbons (Fsp3) is 0.389. The molecule has 4 N–H and O–H groups in total. The number of carbonyl (C=O) groups is 2. The molecule has 250 valence electrons. The van der Waals surface area contributed by atoms with Crippen molar-refractivity contribution in [2.75, 3.05) is 26.2 Å². The molecule has 0 aliphatic carbocycles. The predicted octanol–water partition coefficient (Wildman–Crippen LogP) is 7.71. The van der Waals surface area contributed by atoms with Crippen LogP contribution in [0.4, 0.5) is 0 Å². The summed E-state index contributed by atoms with van der Waals surface area (Å²) in [4.78, 5) is 21.3. The minimum atomic E-state index is -0.745. The van der Waals surface area contributed by atoms with Crippen molar-refractivity contribution in [1.29, 1.82) is 0 Å². The molecular weight excluding hydrogens is 608 g/mol. The van der Waals surface area contributed by atoms with E-state index >= 15 is 0 Å². The number of benzene rings is 3. The summed E-state index contributed by atoms with van der Waals surface area (Å²) < 4.78 is 8.33. The fourth-order valence-corrected chi connectivity index (χ4v) is 5.19. The molecule has 1 fully saturated rings. The van der Waals surface area contributed by atoms with Gasteiger partial charge in [0.15, 0.2) is 0 Å². The highest BCUT2D eigenvalue weighted by Crippen LogP contribution is 2.36. The van der Waals surface area contributed by atoms with Crippen LogP contribution in [-0.4, -0.2) is 68.1 Å². The van der Waals surface area contributed by atoms with Gasteiger partial charge in [0, 0.05) is 36.8 Å². The van der Waals surface area contributed by atoms with Gasteiger partial charge in [0.05, 0.1) is 5.69 Å². The molecule has 10 heteroatoms. The second kappa shape index (κ2) is 19.3. The monoisotopic (exact) mass is 654 g/mol. The number of aromatic hydroxyl groups is 2. The summed E-state index contributed by atoms with van der Waals surface area (Å²) in [5.41, 5.74) is 5.47. The van der Waals surface area contributed by atoms with E-state index in [-0.39, 0.29) is 36.7 Å². The van der Waals surface area contributed by atoms with Crippen molar-refractivity contribution >= 4 is 35.2 Å². The molecule has 9 nitrogen and oxygen atoms in total. The van der Waals surface area contributed by atoms with E-state index < -0.39 is 11.9 Å². The SMILES string of the molecule is CCC(=O)O.CCC(=O)O.Cc1c(-c2ccc(O)cc2)n(Cc2ccc(OCCN3CCCCCC3)cc2)c2ccc(O)cc12.Cl. The smallest absolute Gasteiger partial charge is 0.303 e. The van der Waals surface area contributed by atoms with Crippen LogP contribution in [0, 0.1) is 6.92 Å². The fourth-order valence-electron chi connectivity index (χ4n) is 5.19. The Balaban J connectivity index is 0.000000586. The standard InChI is InChI=1S/C30H34N2O3.2C3H6O2.ClH/c1-22-28-20-26(34)12-15-29(28)32(30(22)24-8-10-25(33)11-9-24)21-23-6-13-27(14-7-23)35-19-18-31-16-4-2-3-5-17-31;2*1-2-3(4)5;/h6-15,20,33-34H,2-5,16-19,21H2,1H3;2*2H2,1H3,(H,4,5);1H. The van der Waals surface area contributed by atoms with Gasteiger partial charge in [-0.1, -0.05) is 38.8 Å². The van der Waals surface area contributed by atoms with Crippen LogP contribution >= 0.6 is 12.4 Å². The van der Waals surface area contributed by atoms with E-state index in [2.05, 4.69) is 40.7 Å². The lowest BCUT2D eigenvalue weighted by Gasteiger charge is -2.19. The summed E-state index contributed by atoms with van der Waals surface area (Å²) in [5, 5.41) is 36.3. The number of hydrogen-bond donors (Lipinski definition) is 4. The average molecular weight is 655 g/mol. The highest BCUT2D eigenvalue weighted by atomic mass is 35.5. The van der Waals surface area contributed by atoms with Crippen LogP contribution in [0.1, 0.15) is 63.5 Å². The highest BCUT2D eigenvalue weighted by Gasteiger charge is 2.17. The van der Waals surface area contributed by atoms with Gasteiger partial charge in [0.1, 0.15) is 23.9 Å². The molecule has 0 spiro atoms. The van der Waals surface area contributed by atoms with E-state index in [1.807, 2.05) is 24.3 Å². The van der Waals surface area contributed by atoms with Gasteiger partial charge in [0.25, 0.3) is 0 Å². The number of aliphatic carboxylic acids is 2. The van der Waals surface area contributed by atoms with Crippen LogP contribution in [0.25, 0.3) is 22.2 Å². The van der Waals surface area contributed by atoms with Gasteiger partial charge in [-0.2, -0.15) is 0 Å². The zero-order valence-corrected chi connectivity index (χ0v) is 27.8. The molecule has 3 aromatic carbocycles. The van der Waals surface area contributed by atoms with Gasteiger partial charge < -0.3 is 29.7 Å². The van der Waals surface area contributed by atoms with Crippen LogP contribution in [0.5, 0.6) is 17.2 Å². The van der Waals surface area contributed by atoms with Crippen molar-refractivity contribution < 1.29 is 34.8 Å². The number of hydrogen-bond acceptors (Lipinski definition) is 6. The van der Waals surface area contributed by atoms with Crippen molar-refractivity contribution in [3.05, 3.63) is 77.9 Å². The Morgan fingerprint density at radius 3 is 1.87 bits per heavy atom. The number of phenolic OH excluding ortho intramolecular Hbond substituents is 2. The third-order valence-electron chi connectivity index (χ3n) is 7.68. The number of likely N-dealkylation sites (tertiary alicyclic amines) is 1. The Labute approximate surface area is 277 Å².